The van der Waals surface area contributed by atoms with E-state index in [0.717, 1.165) is 5.76 Å². The van der Waals surface area contributed by atoms with Gasteiger partial charge in [0.25, 0.3) is 5.91 Å². The van der Waals surface area contributed by atoms with Gasteiger partial charge in [-0.25, -0.2) is 0 Å². The van der Waals surface area contributed by atoms with Gasteiger partial charge in [0, 0.05) is 12.1 Å². The molecule has 6 nitrogen and oxygen atoms in total. The summed E-state index contributed by atoms with van der Waals surface area (Å²) in [6, 6.07) is 6.64. The fourth-order valence-corrected chi connectivity index (χ4v) is 2.24. The van der Waals surface area contributed by atoms with Gasteiger partial charge in [0.2, 0.25) is 0 Å². The van der Waals surface area contributed by atoms with Crippen LogP contribution in [0.4, 0.5) is 0 Å². The first-order valence-electron chi connectivity index (χ1n) is 7.17. The summed E-state index contributed by atoms with van der Waals surface area (Å²) >= 11 is 0. The summed E-state index contributed by atoms with van der Waals surface area (Å²) < 4.78 is 21.3. The monoisotopic (exact) mass is 319 g/mol. The van der Waals surface area contributed by atoms with E-state index in [9.17, 15) is 4.79 Å². The summed E-state index contributed by atoms with van der Waals surface area (Å²) in [5.74, 6) is 2.56. The Balaban J connectivity index is 2.27. The number of nitrogens with one attached hydrogen (secondary N) is 1. The molecule has 2 aromatic rings. The standard InChI is InChI=1S/C17H21NO5/c1-10-6-7-13(23-10)11(2)18-17(19)12-8-15(21-4)16(22-5)9-14(12)20-3/h6-9,11H,1-5H3,(H,18,19). The van der Waals surface area contributed by atoms with Crippen LogP contribution in [0.25, 0.3) is 0 Å². The van der Waals surface area contributed by atoms with E-state index in [1.807, 2.05) is 26.0 Å². The zero-order valence-electron chi connectivity index (χ0n) is 13.9. The molecule has 0 saturated carbocycles. The van der Waals surface area contributed by atoms with E-state index >= 15 is 0 Å². The topological polar surface area (TPSA) is 69.9 Å². The molecule has 0 aliphatic carbocycles. The number of ether oxygens (including phenoxy) is 3. The molecule has 6 heteroatoms. The predicted molar refractivity (Wildman–Crippen MR) is 85.4 cm³/mol. The third-order valence-electron chi connectivity index (χ3n) is 3.49. The number of benzene rings is 1. The van der Waals surface area contributed by atoms with Gasteiger partial charge in [-0.1, -0.05) is 0 Å². The van der Waals surface area contributed by atoms with Crippen LogP contribution in [-0.2, 0) is 0 Å². The molecule has 2 rings (SSSR count). The van der Waals surface area contributed by atoms with E-state index < -0.39 is 0 Å². The average Bonchev–Trinajstić information content (AvgIpc) is 2.99. The zero-order valence-corrected chi connectivity index (χ0v) is 13.9. The minimum Gasteiger partial charge on any atom is -0.496 e. The molecule has 1 unspecified atom stereocenters. The van der Waals surface area contributed by atoms with Crippen molar-refractivity contribution in [1.29, 1.82) is 0 Å². The van der Waals surface area contributed by atoms with E-state index in [-0.39, 0.29) is 11.9 Å². The molecule has 0 spiro atoms. The van der Waals surface area contributed by atoms with Gasteiger partial charge in [-0.3, -0.25) is 4.79 Å². The molecule has 1 atom stereocenters. The molecule has 23 heavy (non-hydrogen) atoms. The third kappa shape index (κ3) is 3.59. The number of hydrogen-bond donors (Lipinski definition) is 1. The molecule has 1 aromatic heterocycles. The van der Waals surface area contributed by atoms with E-state index in [1.165, 1.54) is 21.3 Å². The van der Waals surface area contributed by atoms with Crippen LogP contribution < -0.4 is 19.5 Å². The molecule has 0 saturated heterocycles. The Labute approximate surface area is 135 Å². The lowest BCUT2D eigenvalue weighted by atomic mass is 10.1. The SMILES string of the molecule is COc1cc(OC)c(C(=O)NC(C)c2ccc(C)o2)cc1OC. The number of carbonyl (C=O) groups is 1. The number of aryl methyl sites for hydroxylation is 1. The Morgan fingerprint density at radius 1 is 1.04 bits per heavy atom. The van der Waals surface area contributed by atoms with E-state index in [2.05, 4.69) is 5.32 Å². The smallest absolute Gasteiger partial charge is 0.255 e. The quantitative estimate of drug-likeness (QED) is 0.886. The van der Waals surface area contributed by atoms with Crippen molar-refractivity contribution in [3.8, 4) is 17.2 Å². The highest BCUT2D eigenvalue weighted by Gasteiger charge is 2.20. The van der Waals surface area contributed by atoms with Crippen molar-refractivity contribution in [3.63, 3.8) is 0 Å². The highest BCUT2D eigenvalue weighted by molar-refractivity contribution is 5.98. The maximum Gasteiger partial charge on any atom is 0.255 e. The first-order chi connectivity index (χ1) is 11.0. The lowest BCUT2D eigenvalue weighted by Crippen LogP contribution is -2.26. The lowest BCUT2D eigenvalue weighted by molar-refractivity contribution is 0.0931. The number of furan rings is 1. The normalized spacial score (nSPS) is 11.7. The molecule has 0 fully saturated rings. The average molecular weight is 319 g/mol. The number of carbonyl (C=O) groups excluding carboxylic acids is 1. The van der Waals surface area contributed by atoms with Crippen molar-refractivity contribution >= 4 is 5.91 Å². The van der Waals surface area contributed by atoms with Crippen molar-refractivity contribution in [1.82, 2.24) is 5.32 Å². The van der Waals surface area contributed by atoms with Gasteiger partial charge in [-0.15, -0.1) is 0 Å². The molecule has 1 heterocycles. The van der Waals surface area contributed by atoms with Crippen LogP contribution in [-0.4, -0.2) is 27.2 Å². The first kappa shape index (κ1) is 16.7. The van der Waals surface area contributed by atoms with Gasteiger partial charge in [-0.05, 0) is 26.0 Å². The molecular formula is C17H21NO5. The number of methoxy groups -OCH3 is 3. The predicted octanol–water partition coefficient (Wildman–Crippen LogP) is 3.10. The summed E-state index contributed by atoms with van der Waals surface area (Å²) in [4.78, 5) is 12.6. The summed E-state index contributed by atoms with van der Waals surface area (Å²) in [5, 5.41) is 2.88. The van der Waals surface area contributed by atoms with Crippen LogP contribution in [0.2, 0.25) is 0 Å². The van der Waals surface area contributed by atoms with Crippen molar-refractivity contribution in [2.24, 2.45) is 0 Å². The third-order valence-corrected chi connectivity index (χ3v) is 3.49. The molecule has 1 N–H and O–H groups in total. The van der Waals surface area contributed by atoms with Crippen LogP contribution in [0.15, 0.2) is 28.7 Å². The minimum atomic E-state index is -0.288. The molecule has 1 amide bonds. The lowest BCUT2D eigenvalue weighted by Gasteiger charge is -2.16. The zero-order chi connectivity index (χ0) is 17.0. The highest BCUT2D eigenvalue weighted by atomic mass is 16.5. The largest absolute Gasteiger partial charge is 0.496 e. The highest BCUT2D eigenvalue weighted by Crippen LogP contribution is 2.34. The van der Waals surface area contributed by atoms with Crippen LogP contribution in [0.5, 0.6) is 17.2 Å². The van der Waals surface area contributed by atoms with E-state index in [1.54, 1.807) is 12.1 Å². The summed E-state index contributed by atoms with van der Waals surface area (Å²) in [7, 11) is 4.54. The molecule has 124 valence electrons. The fourth-order valence-electron chi connectivity index (χ4n) is 2.24. The van der Waals surface area contributed by atoms with Crippen molar-refractivity contribution in [2.45, 2.75) is 19.9 Å². The van der Waals surface area contributed by atoms with Gasteiger partial charge in [0.1, 0.15) is 17.3 Å². The van der Waals surface area contributed by atoms with E-state index in [4.69, 9.17) is 18.6 Å². The molecular weight excluding hydrogens is 298 g/mol. The van der Waals surface area contributed by atoms with Gasteiger partial charge in [0.05, 0.1) is 32.9 Å². The van der Waals surface area contributed by atoms with Crippen LogP contribution >= 0.6 is 0 Å². The Morgan fingerprint density at radius 2 is 1.65 bits per heavy atom. The molecule has 0 radical (unpaired) electrons. The van der Waals surface area contributed by atoms with Gasteiger partial charge in [-0.2, -0.15) is 0 Å². The number of rotatable bonds is 6. The molecule has 0 aliphatic heterocycles. The maximum absolute atomic E-state index is 12.6. The van der Waals surface area contributed by atoms with Crippen molar-refractivity contribution in [3.05, 3.63) is 41.3 Å². The summed E-state index contributed by atoms with van der Waals surface area (Å²) in [5.41, 5.74) is 0.361. The van der Waals surface area contributed by atoms with Crippen LogP contribution in [0, 0.1) is 6.92 Å². The fraction of sp³-hybridized carbons (Fsp3) is 0.353. The second-order valence-electron chi connectivity index (χ2n) is 5.05. The summed E-state index contributed by atoms with van der Waals surface area (Å²) in [6.45, 7) is 3.71. The Morgan fingerprint density at radius 3 is 2.17 bits per heavy atom. The molecule has 0 bridgehead atoms. The number of amides is 1. The van der Waals surface area contributed by atoms with Crippen molar-refractivity contribution in [2.75, 3.05) is 21.3 Å². The van der Waals surface area contributed by atoms with Crippen LogP contribution in [0.1, 0.15) is 34.8 Å². The van der Waals surface area contributed by atoms with Crippen molar-refractivity contribution < 1.29 is 23.4 Å². The minimum absolute atomic E-state index is 0.269. The van der Waals surface area contributed by atoms with Crippen LogP contribution in [0.3, 0.4) is 0 Å². The first-order valence-corrected chi connectivity index (χ1v) is 7.17. The Kier molecular flexibility index (Phi) is 5.16. The van der Waals surface area contributed by atoms with Gasteiger partial charge < -0.3 is 23.9 Å². The molecule has 0 aliphatic rings. The second-order valence-corrected chi connectivity index (χ2v) is 5.05. The summed E-state index contributed by atoms with van der Waals surface area (Å²) in [6.07, 6.45) is 0. The Bertz CT molecular complexity index is 692. The molecule has 1 aromatic carbocycles. The van der Waals surface area contributed by atoms with Gasteiger partial charge in [0.15, 0.2) is 11.5 Å². The Hall–Kier alpha value is -2.63. The maximum atomic E-state index is 12.6. The number of hydrogen-bond acceptors (Lipinski definition) is 5. The van der Waals surface area contributed by atoms with Gasteiger partial charge >= 0.3 is 0 Å². The van der Waals surface area contributed by atoms with E-state index in [0.29, 0.717) is 28.6 Å². The second kappa shape index (κ2) is 7.09.